The van der Waals surface area contributed by atoms with Crippen LogP contribution >= 0.6 is 11.8 Å². The van der Waals surface area contributed by atoms with Crippen molar-refractivity contribution in [2.75, 3.05) is 12.8 Å². The maximum absolute atomic E-state index is 12.0. The number of nitrogens with one attached hydrogen (secondary N) is 2. The van der Waals surface area contributed by atoms with Gasteiger partial charge in [-0.2, -0.15) is 11.8 Å². The summed E-state index contributed by atoms with van der Waals surface area (Å²) in [4.78, 5) is 16.4. The number of pyridine rings is 1. The zero-order valence-corrected chi connectivity index (χ0v) is 13.8. The lowest BCUT2D eigenvalue weighted by Crippen LogP contribution is -2.44. The highest BCUT2D eigenvalue weighted by Crippen LogP contribution is 2.21. The molecule has 0 aliphatic heterocycles. The monoisotopic (exact) mass is 295 g/mol. The van der Waals surface area contributed by atoms with Gasteiger partial charge in [-0.25, -0.2) is 4.79 Å². The van der Waals surface area contributed by atoms with E-state index in [-0.39, 0.29) is 22.7 Å². The van der Waals surface area contributed by atoms with Gasteiger partial charge in [0.2, 0.25) is 0 Å². The number of urea groups is 1. The standard InChI is InChI=1S/C15H25N3OS/c1-11(2)13(12-8-6-7-9-16-12)18-14(19)17-10-15(3,4)20-5/h6-9,11,13H,10H2,1-5H3,(H2,17,18,19). The van der Waals surface area contributed by atoms with Crippen LogP contribution in [0.1, 0.15) is 39.4 Å². The van der Waals surface area contributed by atoms with E-state index < -0.39 is 0 Å². The van der Waals surface area contributed by atoms with E-state index in [1.54, 1.807) is 18.0 Å². The van der Waals surface area contributed by atoms with Crippen molar-refractivity contribution in [3.8, 4) is 0 Å². The van der Waals surface area contributed by atoms with Gasteiger partial charge in [-0.05, 0) is 38.2 Å². The summed E-state index contributed by atoms with van der Waals surface area (Å²) in [5.74, 6) is 0.282. The fourth-order valence-electron chi connectivity index (χ4n) is 1.70. The number of hydrogen-bond acceptors (Lipinski definition) is 3. The first kappa shape index (κ1) is 16.8. The van der Waals surface area contributed by atoms with Crippen LogP contribution in [-0.4, -0.2) is 28.6 Å². The number of rotatable bonds is 6. The maximum Gasteiger partial charge on any atom is 0.315 e. The second-order valence-corrected chi connectivity index (χ2v) is 7.28. The van der Waals surface area contributed by atoms with Gasteiger partial charge in [0.05, 0.1) is 11.7 Å². The highest BCUT2D eigenvalue weighted by Gasteiger charge is 2.21. The molecule has 0 aromatic carbocycles. The minimum atomic E-state index is -0.142. The van der Waals surface area contributed by atoms with Gasteiger partial charge >= 0.3 is 6.03 Å². The van der Waals surface area contributed by atoms with Gasteiger partial charge in [0, 0.05) is 17.5 Å². The zero-order chi connectivity index (χ0) is 15.2. The summed E-state index contributed by atoms with van der Waals surface area (Å²) in [6, 6.07) is 5.54. The summed E-state index contributed by atoms with van der Waals surface area (Å²) in [5, 5.41) is 5.94. The van der Waals surface area contributed by atoms with Crippen LogP contribution < -0.4 is 10.6 Å². The van der Waals surface area contributed by atoms with E-state index in [0.717, 1.165) is 5.69 Å². The predicted molar refractivity (Wildman–Crippen MR) is 85.9 cm³/mol. The third-order valence-electron chi connectivity index (χ3n) is 3.19. The Morgan fingerprint density at radius 2 is 2.10 bits per heavy atom. The number of nitrogens with zero attached hydrogens (tertiary/aromatic N) is 1. The predicted octanol–water partition coefficient (Wildman–Crippen LogP) is 3.22. The molecule has 0 saturated carbocycles. The zero-order valence-electron chi connectivity index (χ0n) is 12.9. The normalized spacial score (nSPS) is 13.1. The van der Waals surface area contributed by atoms with Gasteiger partial charge in [0.25, 0.3) is 0 Å². The first-order chi connectivity index (χ1) is 9.35. The van der Waals surface area contributed by atoms with E-state index in [0.29, 0.717) is 6.54 Å². The summed E-state index contributed by atoms with van der Waals surface area (Å²) in [7, 11) is 0. The van der Waals surface area contributed by atoms with Crippen LogP contribution in [0.4, 0.5) is 4.79 Å². The van der Waals surface area contributed by atoms with Crippen LogP contribution in [0.5, 0.6) is 0 Å². The molecule has 0 aliphatic rings. The van der Waals surface area contributed by atoms with Crippen molar-refractivity contribution in [1.29, 1.82) is 0 Å². The minimum Gasteiger partial charge on any atom is -0.337 e. The maximum atomic E-state index is 12.0. The number of aromatic nitrogens is 1. The van der Waals surface area contributed by atoms with E-state index in [9.17, 15) is 4.79 Å². The van der Waals surface area contributed by atoms with Gasteiger partial charge in [-0.15, -0.1) is 0 Å². The van der Waals surface area contributed by atoms with E-state index in [4.69, 9.17) is 0 Å². The Kier molecular flexibility index (Phi) is 6.33. The summed E-state index contributed by atoms with van der Waals surface area (Å²) < 4.78 is 0.0374. The second kappa shape index (κ2) is 7.53. The smallest absolute Gasteiger partial charge is 0.315 e. The van der Waals surface area contributed by atoms with Crippen molar-refractivity contribution in [2.24, 2.45) is 5.92 Å². The van der Waals surface area contributed by atoms with Crippen LogP contribution in [0, 0.1) is 5.92 Å². The van der Waals surface area contributed by atoms with E-state index in [1.807, 2.05) is 24.5 Å². The van der Waals surface area contributed by atoms with Crippen molar-refractivity contribution in [3.63, 3.8) is 0 Å². The molecule has 1 aromatic rings. The number of amides is 2. The second-order valence-electron chi connectivity index (χ2n) is 5.77. The lowest BCUT2D eigenvalue weighted by atomic mass is 10.0. The molecule has 0 radical (unpaired) electrons. The largest absolute Gasteiger partial charge is 0.337 e. The summed E-state index contributed by atoms with van der Waals surface area (Å²) in [5.41, 5.74) is 0.891. The lowest BCUT2D eigenvalue weighted by Gasteiger charge is -2.25. The van der Waals surface area contributed by atoms with Gasteiger partial charge < -0.3 is 10.6 Å². The van der Waals surface area contributed by atoms with Crippen molar-refractivity contribution in [3.05, 3.63) is 30.1 Å². The number of thioether (sulfide) groups is 1. The van der Waals surface area contributed by atoms with Gasteiger partial charge in [0.1, 0.15) is 0 Å². The van der Waals surface area contributed by atoms with Crippen molar-refractivity contribution in [2.45, 2.75) is 38.5 Å². The van der Waals surface area contributed by atoms with Crippen molar-refractivity contribution < 1.29 is 4.79 Å². The minimum absolute atomic E-state index is 0.0374. The lowest BCUT2D eigenvalue weighted by molar-refractivity contribution is 0.232. The molecule has 0 fully saturated rings. The molecular weight excluding hydrogens is 270 g/mol. The molecule has 0 bridgehead atoms. The van der Waals surface area contributed by atoms with E-state index >= 15 is 0 Å². The van der Waals surface area contributed by atoms with E-state index in [2.05, 4.69) is 43.3 Å². The third kappa shape index (κ3) is 5.41. The third-order valence-corrected chi connectivity index (χ3v) is 4.44. The molecule has 112 valence electrons. The average molecular weight is 295 g/mol. The highest BCUT2D eigenvalue weighted by molar-refractivity contribution is 7.99. The van der Waals surface area contributed by atoms with Gasteiger partial charge in [-0.3, -0.25) is 4.98 Å². The Morgan fingerprint density at radius 1 is 1.40 bits per heavy atom. The molecule has 0 spiro atoms. The molecular formula is C15H25N3OS. The highest BCUT2D eigenvalue weighted by atomic mass is 32.2. The Bertz CT molecular complexity index is 420. The molecule has 2 N–H and O–H groups in total. The van der Waals surface area contributed by atoms with Crippen LogP contribution in [-0.2, 0) is 0 Å². The van der Waals surface area contributed by atoms with Gasteiger partial charge in [-0.1, -0.05) is 19.9 Å². The molecule has 1 unspecified atom stereocenters. The summed E-state index contributed by atoms with van der Waals surface area (Å²) in [6.45, 7) is 9.00. The Hall–Kier alpha value is -1.23. The molecule has 1 atom stereocenters. The number of hydrogen-bond donors (Lipinski definition) is 2. The Balaban J connectivity index is 2.61. The summed E-state index contributed by atoms with van der Waals surface area (Å²) >= 11 is 1.74. The molecule has 1 heterocycles. The quantitative estimate of drug-likeness (QED) is 0.847. The molecule has 1 rings (SSSR count). The topological polar surface area (TPSA) is 54.0 Å². The van der Waals surface area contributed by atoms with Crippen LogP contribution in [0.15, 0.2) is 24.4 Å². The average Bonchev–Trinajstić information content (AvgIpc) is 2.43. The van der Waals surface area contributed by atoms with Crippen LogP contribution in [0.3, 0.4) is 0 Å². The van der Waals surface area contributed by atoms with Crippen LogP contribution in [0.2, 0.25) is 0 Å². The first-order valence-corrected chi connectivity index (χ1v) is 8.08. The van der Waals surface area contributed by atoms with E-state index in [1.165, 1.54) is 0 Å². The number of carbonyl (C=O) groups is 1. The molecule has 0 saturated heterocycles. The first-order valence-electron chi connectivity index (χ1n) is 6.86. The van der Waals surface area contributed by atoms with Crippen LogP contribution in [0.25, 0.3) is 0 Å². The van der Waals surface area contributed by atoms with Crippen molar-refractivity contribution >= 4 is 17.8 Å². The molecule has 2 amide bonds. The fourth-order valence-corrected chi connectivity index (χ4v) is 1.92. The number of carbonyl (C=O) groups excluding carboxylic acids is 1. The molecule has 20 heavy (non-hydrogen) atoms. The summed E-state index contributed by atoms with van der Waals surface area (Å²) in [6.07, 6.45) is 3.80. The van der Waals surface area contributed by atoms with Crippen molar-refractivity contribution in [1.82, 2.24) is 15.6 Å². The SMILES string of the molecule is CSC(C)(C)CNC(=O)NC(c1ccccn1)C(C)C. The molecule has 0 aliphatic carbocycles. The molecule has 4 nitrogen and oxygen atoms in total. The Morgan fingerprint density at radius 3 is 2.60 bits per heavy atom. The fraction of sp³-hybridized carbons (Fsp3) is 0.600. The molecule has 1 aromatic heterocycles. The Labute approximate surface area is 126 Å². The van der Waals surface area contributed by atoms with Gasteiger partial charge in [0.15, 0.2) is 0 Å². The molecule has 5 heteroatoms.